The first-order chi connectivity index (χ1) is 16.4. The Balaban J connectivity index is 1.73. The molecule has 0 bridgehead atoms. The van der Waals surface area contributed by atoms with Crippen LogP contribution >= 0.6 is 0 Å². The van der Waals surface area contributed by atoms with Crippen LogP contribution in [0.25, 0.3) is 22.3 Å². The Hall–Kier alpha value is -4.19. The van der Waals surface area contributed by atoms with Gasteiger partial charge in [-0.05, 0) is 51.1 Å². The third-order valence-corrected chi connectivity index (χ3v) is 5.84. The van der Waals surface area contributed by atoms with Crippen molar-refractivity contribution in [1.29, 1.82) is 0 Å². The van der Waals surface area contributed by atoms with Crippen LogP contribution in [-0.2, 0) is 0 Å². The number of para-hydroxylation sites is 1. The summed E-state index contributed by atoms with van der Waals surface area (Å²) in [6.07, 6.45) is 0. The molecule has 0 aliphatic rings. The Morgan fingerprint density at radius 1 is 0.912 bits per heavy atom. The van der Waals surface area contributed by atoms with Crippen LogP contribution in [0.5, 0.6) is 0 Å². The molecule has 4 rings (SSSR count). The van der Waals surface area contributed by atoms with E-state index >= 15 is 0 Å². The molecule has 172 valence electrons. The van der Waals surface area contributed by atoms with E-state index in [4.69, 9.17) is 4.42 Å². The summed E-state index contributed by atoms with van der Waals surface area (Å²) in [4.78, 5) is 40.7. The van der Waals surface area contributed by atoms with E-state index in [1.807, 2.05) is 44.2 Å². The topological polar surface area (TPSA) is 79.6 Å². The minimum atomic E-state index is -0.427. The van der Waals surface area contributed by atoms with Crippen LogP contribution in [0.2, 0.25) is 0 Å². The number of hydrogen-bond acceptors (Lipinski definition) is 4. The Kier molecular flexibility index (Phi) is 6.59. The molecular formula is C28H26N2O4. The average molecular weight is 455 g/mol. The molecular weight excluding hydrogens is 428 g/mol. The quantitative estimate of drug-likeness (QED) is 0.417. The van der Waals surface area contributed by atoms with Crippen molar-refractivity contribution in [2.24, 2.45) is 0 Å². The fraction of sp³-hybridized carbons (Fsp3) is 0.179. The summed E-state index contributed by atoms with van der Waals surface area (Å²) >= 11 is 0. The van der Waals surface area contributed by atoms with Crippen molar-refractivity contribution < 1.29 is 14.0 Å². The number of fused-ring (bicyclic) bond motifs is 1. The van der Waals surface area contributed by atoms with E-state index in [9.17, 15) is 14.4 Å². The van der Waals surface area contributed by atoms with Crippen molar-refractivity contribution in [3.8, 4) is 11.3 Å². The first-order valence-corrected chi connectivity index (χ1v) is 11.3. The normalized spacial score (nSPS) is 10.8. The molecule has 0 spiro atoms. The highest BCUT2D eigenvalue weighted by Crippen LogP contribution is 2.27. The number of nitrogens with zero attached hydrogens (tertiary/aromatic N) is 1. The fourth-order valence-corrected chi connectivity index (χ4v) is 3.98. The SMILES string of the molecule is CCN(CC)C(=O)c1cccc(NC(=O)c2cccc3c(=O)c(C)c(-c4ccccc4)oc23)c1. The molecule has 0 atom stereocenters. The van der Waals surface area contributed by atoms with Gasteiger partial charge in [0.2, 0.25) is 0 Å². The van der Waals surface area contributed by atoms with E-state index in [2.05, 4.69) is 5.32 Å². The smallest absolute Gasteiger partial charge is 0.259 e. The van der Waals surface area contributed by atoms with Gasteiger partial charge in [0.15, 0.2) is 11.0 Å². The highest BCUT2D eigenvalue weighted by molar-refractivity contribution is 6.11. The predicted octanol–water partition coefficient (Wildman–Crippen LogP) is 5.50. The van der Waals surface area contributed by atoms with E-state index in [1.54, 1.807) is 54.3 Å². The van der Waals surface area contributed by atoms with Gasteiger partial charge in [0.25, 0.3) is 11.8 Å². The molecule has 1 aromatic heterocycles. The zero-order valence-electron chi connectivity index (χ0n) is 19.4. The van der Waals surface area contributed by atoms with Gasteiger partial charge in [-0.25, -0.2) is 0 Å². The summed E-state index contributed by atoms with van der Waals surface area (Å²) < 4.78 is 6.15. The molecule has 4 aromatic rings. The van der Waals surface area contributed by atoms with Gasteiger partial charge < -0.3 is 14.6 Å². The van der Waals surface area contributed by atoms with Crippen molar-refractivity contribution in [2.75, 3.05) is 18.4 Å². The lowest BCUT2D eigenvalue weighted by Crippen LogP contribution is -2.30. The average Bonchev–Trinajstić information content (AvgIpc) is 2.87. The van der Waals surface area contributed by atoms with Gasteiger partial charge >= 0.3 is 0 Å². The number of carbonyl (C=O) groups excluding carboxylic acids is 2. The molecule has 0 saturated carbocycles. The molecule has 1 N–H and O–H groups in total. The lowest BCUT2D eigenvalue weighted by molar-refractivity contribution is 0.0772. The van der Waals surface area contributed by atoms with E-state index in [1.165, 1.54) is 0 Å². The molecule has 6 heteroatoms. The van der Waals surface area contributed by atoms with E-state index in [0.29, 0.717) is 41.1 Å². The van der Waals surface area contributed by atoms with Gasteiger partial charge in [0.05, 0.1) is 10.9 Å². The minimum absolute atomic E-state index is 0.0970. The van der Waals surface area contributed by atoms with Crippen LogP contribution in [0.15, 0.2) is 82.0 Å². The molecule has 0 aliphatic heterocycles. The van der Waals surface area contributed by atoms with Crippen molar-refractivity contribution in [1.82, 2.24) is 4.90 Å². The Bertz CT molecular complexity index is 1420. The van der Waals surface area contributed by atoms with Crippen LogP contribution in [-0.4, -0.2) is 29.8 Å². The van der Waals surface area contributed by atoms with Crippen LogP contribution in [0.1, 0.15) is 40.1 Å². The Morgan fingerprint density at radius 3 is 2.32 bits per heavy atom. The second kappa shape index (κ2) is 9.75. The second-order valence-corrected chi connectivity index (χ2v) is 7.95. The van der Waals surface area contributed by atoms with Crippen LogP contribution in [0.3, 0.4) is 0 Å². The Labute approximate surface area is 197 Å². The fourth-order valence-electron chi connectivity index (χ4n) is 3.98. The lowest BCUT2D eigenvalue weighted by Gasteiger charge is -2.19. The monoisotopic (exact) mass is 454 g/mol. The van der Waals surface area contributed by atoms with Crippen molar-refractivity contribution in [3.63, 3.8) is 0 Å². The molecule has 0 radical (unpaired) electrons. The van der Waals surface area contributed by atoms with E-state index in [0.717, 1.165) is 5.56 Å². The number of anilines is 1. The van der Waals surface area contributed by atoms with Gasteiger partial charge in [0, 0.05) is 35.5 Å². The maximum absolute atomic E-state index is 13.2. The number of nitrogens with one attached hydrogen (secondary N) is 1. The second-order valence-electron chi connectivity index (χ2n) is 7.95. The van der Waals surface area contributed by atoms with Gasteiger partial charge in [-0.1, -0.05) is 42.5 Å². The summed E-state index contributed by atoms with van der Waals surface area (Å²) in [5.41, 5.74) is 2.51. The van der Waals surface area contributed by atoms with Crippen molar-refractivity contribution in [2.45, 2.75) is 20.8 Å². The molecule has 1 heterocycles. The summed E-state index contributed by atoms with van der Waals surface area (Å²) in [6.45, 7) is 6.77. The number of carbonyl (C=O) groups is 2. The summed E-state index contributed by atoms with van der Waals surface area (Å²) in [5, 5.41) is 3.19. The summed E-state index contributed by atoms with van der Waals surface area (Å²) in [6, 6.07) is 21.1. The van der Waals surface area contributed by atoms with Crippen molar-refractivity contribution >= 4 is 28.5 Å². The standard InChI is InChI=1S/C28H26N2O4/c1-4-30(5-2)28(33)20-13-9-14-21(17-20)29-27(32)23-16-10-15-22-24(31)18(3)25(34-26(22)23)19-11-7-6-8-12-19/h6-17H,4-5H2,1-3H3,(H,29,32). The highest BCUT2D eigenvalue weighted by Gasteiger charge is 2.19. The summed E-state index contributed by atoms with van der Waals surface area (Å²) in [7, 11) is 0. The maximum atomic E-state index is 13.2. The zero-order valence-corrected chi connectivity index (χ0v) is 19.4. The highest BCUT2D eigenvalue weighted by atomic mass is 16.3. The van der Waals surface area contributed by atoms with Gasteiger partial charge in [-0.2, -0.15) is 0 Å². The number of rotatable bonds is 6. The molecule has 3 aromatic carbocycles. The maximum Gasteiger partial charge on any atom is 0.259 e. The van der Waals surface area contributed by atoms with Crippen molar-refractivity contribution in [3.05, 3.63) is 99.7 Å². The molecule has 6 nitrogen and oxygen atoms in total. The zero-order chi connectivity index (χ0) is 24.2. The number of amides is 2. The van der Waals surface area contributed by atoms with Gasteiger partial charge in [-0.3, -0.25) is 14.4 Å². The van der Waals surface area contributed by atoms with Gasteiger partial charge in [0.1, 0.15) is 5.76 Å². The molecule has 0 saturated heterocycles. The van der Waals surface area contributed by atoms with Crippen LogP contribution in [0.4, 0.5) is 5.69 Å². The first kappa shape index (κ1) is 23.0. The molecule has 0 aliphatic carbocycles. The first-order valence-electron chi connectivity index (χ1n) is 11.3. The lowest BCUT2D eigenvalue weighted by atomic mass is 10.0. The Morgan fingerprint density at radius 2 is 1.62 bits per heavy atom. The van der Waals surface area contributed by atoms with Crippen LogP contribution < -0.4 is 10.7 Å². The minimum Gasteiger partial charge on any atom is -0.455 e. The molecule has 0 fully saturated rings. The van der Waals surface area contributed by atoms with E-state index in [-0.39, 0.29) is 22.5 Å². The third-order valence-electron chi connectivity index (χ3n) is 5.84. The van der Waals surface area contributed by atoms with Crippen LogP contribution in [0, 0.1) is 6.92 Å². The molecule has 0 unspecified atom stereocenters. The third kappa shape index (κ3) is 4.35. The molecule has 34 heavy (non-hydrogen) atoms. The largest absolute Gasteiger partial charge is 0.455 e. The number of hydrogen-bond donors (Lipinski definition) is 1. The number of benzene rings is 3. The van der Waals surface area contributed by atoms with E-state index < -0.39 is 5.91 Å². The summed E-state index contributed by atoms with van der Waals surface area (Å²) in [5.74, 6) is -0.0885. The predicted molar refractivity (Wildman–Crippen MR) is 134 cm³/mol. The van der Waals surface area contributed by atoms with Gasteiger partial charge in [-0.15, -0.1) is 0 Å². The molecule has 2 amide bonds.